The zero-order chi connectivity index (χ0) is 33.1. The summed E-state index contributed by atoms with van der Waals surface area (Å²) in [7, 11) is 1.38. The van der Waals surface area contributed by atoms with Crippen LogP contribution in [0.2, 0.25) is 0 Å². The summed E-state index contributed by atoms with van der Waals surface area (Å²) in [4.78, 5) is 56.4. The number of methoxy groups -OCH3 is 1. The minimum Gasteiger partial charge on any atom is -0.383 e. The van der Waals surface area contributed by atoms with Crippen molar-refractivity contribution >= 4 is 23.6 Å². The molecule has 0 aliphatic carbocycles. The Kier molecular flexibility index (Phi) is 10.1. The van der Waals surface area contributed by atoms with Gasteiger partial charge in [-0.3, -0.25) is 19.2 Å². The summed E-state index contributed by atoms with van der Waals surface area (Å²) in [6.07, 6.45) is -10.7. The smallest absolute Gasteiger partial charge is 0.383 e. The van der Waals surface area contributed by atoms with Gasteiger partial charge < -0.3 is 24.8 Å². The van der Waals surface area contributed by atoms with Crippen molar-refractivity contribution in [1.29, 1.82) is 0 Å². The van der Waals surface area contributed by atoms with E-state index in [9.17, 15) is 45.5 Å². The number of halogens is 6. The van der Waals surface area contributed by atoms with Crippen LogP contribution >= 0.6 is 0 Å². The van der Waals surface area contributed by atoms with Crippen LogP contribution in [0, 0.1) is 0 Å². The third kappa shape index (κ3) is 7.57. The molecule has 2 unspecified atom stereocenters. The van der Waals surface area contributed by atoms with Crippen molar-refractivity contribution in [1.82, 2.24) is 20.0 Å². The summed E-state index contributed by atoms with van der Waals surface area (Å²) in [5, 5.41) is 2.60. The maximum Gasteiger partial charge on any atom is 0.416 e. The number of hydrogen-bond acceptors (Lipinski definition) is 5. The van der Waals surface area contributed by atoms with Crippen molar-refractivity contribution in [2.75, 3.05) is 53.0 Å². The van der Waals surface area contributed by atoms with Crippen molar-refractivity contribution < 1.29 is 50.3 Å². The number of carbonyl (C=O) groups is 4. The SMILES string of the molecule is COCCNC(=O)C1c2ccccc2C(=O)N(CCC(=O)N2CCN(C(C)=O)CC2)C1c1cc(C(F)(F)F)cc(C(F)(F)F)c1. The number of piperazine rings is 1. The van der Waals surface area contributed by atoms with Crippen LogP contribution < -0.4 is 5.32 Å². The first-order chi connectivity index (χ1) is 21.1. The predicted octanol–water partition coefficient (Wildman–Crippen LogP) is 3.85. The molecule has 0 spiro atoms. The number of nitrogens with one attached hydrogen (secondary N) is 1. The van der Waals surface area contributed by atoms with Crippen LogP contribution in [0.15, 0.2) is 42.5 Å². The Morgan fingerprint density at radius 2 is 1.49 bits per heavy atom. The monoisotopic (exact) mass is 642 g/mol. The average Bonchev–Trinajstić information content (AvgIpc) is 2.99. The van der Waals surface area contributed by atoms with Crippen molar-refractivity contribution in [2.24, 2.45) is 0 Å². The van der Waals surface area contributed by atoms with Crippen molar-refractivity contribution in [3.63, 3.8) is 0 Å². The molecule has 244 valence electrons. The molecule has 4 amide bonds. The van der Waals surface area contributed by atoms with Gasteiger partial charge in [0.2, 0.25) is 17.7 Å². The number of hydrogen-bond donors (Lipinski definition) is 1. The fourth-order valence-corrected chi connectivity index (χ4v) is 5.67. The molecular weight excluding hydrogens is 610 g/mol. The Balaban J connectivity index is 1.80. The zero-order valence-corrected chi connectivity index (χ0v) is 24.5. The lowest BCUT2D eigenvalue weighted by Crippen LogP contribution is -2.51. The molecule has 2 atom stereocenters. The number of benzene rings is 2. The number of rotatable bonds is 8. The Morgan fingerprint density at radius 1 is 0.911 bits per heavy atom. The first kappa shape index (κ1) is 33.7. The lowest BCUT2D eigenvalue weighted by Gasteiger charge is -2.42. The van der Waals surface area contributed by atoms with E-state index in [0.717, 1.165) is 4.90 Å². The van der Waals surface area contributed by atoms with Gasteiger partial charge in [-0.2, -0.15) is 26.3 Å². The normalized spacial score (nSPS) is 18.9. The van der Waals surface area contributed by atoms with Gasteiger partial charge in [-0.15, -0.1) is 0 Å². The quantitative estimate of drug-likeness (QED) is 0.349. The standard InChI is InChI=1S/C30H32F6N4O5/c1-18(41)38-10-12-39(13-11-38)24(42)7-9-40-26(19-15-20(29(31,32)33)17-21(16-19)30(34,35)36)25(27(43)37-8-14-45-2)22-5-3-4-6-23(22)28(40)44/h3-6,15-17,25-26H,7-14H2,1-2H3,(H,37,43). The van der Waals surface area contributed by atoms with Crippen LogP contribution in [0.25, 0.3) is 0 Å². The third-order valence-electron chi connectivity index (χ3n) is 7.92. The van der Waals surface area contributed by atoms with E-state index in [0.29, 0.717) is 12.1 Å². The minimum atomic E-state index is -5.17. The van der Waals surface area contributed by atoms with Crippen molar-refractivity contribution in [3.8, 4) is 0 Å². The van der Waals surface area contributed by atoms with Gasteiger partial charge in [0.15, 0.2) is 0 Å². The van der Waals surface area contributed by atoms with Gasteiger partial charge in [-0.1, -0.05) is 18.2 Å². The highest BCUT2D eigenvalue weighted by Gasteiger charge is 2.46. The van der Waals surface area contributed by atoms with Gasteiger partial charge >= 0.3 is 12.4 Å². The number of ether oxygens (including phenoxy) is 1. The molecule has 1 saturated heterocycles. The van der Waals surface area contributed by atoms with Crippen LogP contribution in [0.3, 0.4) is 0 Å². The molecule has 2 aliphatic rings. The fraction of sp³-hybridized carbons (Fsp3) is 0.467. The summed E-state index contributed by atoms with van der Waals surface area (Å²) in [5.74, 6) is -3.51. The highest BCUT2D eigenvalue weighted by atomic mass is 19.4. The summed E-state index contributed by atoms with van der Waals surface area (Å²) in [5.41, 5.74) is -3.61. The topological polar surface area (TPSA) is 99.3 Å². The highest BCUT2D eigenvalue weighted by molar-refractivity contribution is 6.01. The van der Waals surface area contributed by atoms with E-state index in [-0.39, 0.29) is 68.9 Å². The first-order valence-corrected chi connectivity index (χ1v) is 14.1. The first-order valence-electron chi connectivity index (χ1n) is 14.1. The average molecular weight is 643 g/mol. The molecular formula is C30H32F6N4O5. The Labute approximate surface area is 255 Å². The molecule has 0 bridgehead atoms. The van der Waals surface area contributed by atoms with E-state index in [1.54, 1.807) is 4.90 Å². The number of nitrogens with zero attached hydrogens (tertiary/aromatic N) is 3. The number of amides is 4. The van der Waals surface area contributed by atoms with Gasteiger partial charge in [0.25, 0.3) is 5.91 Å². The maximum atomic E-state index is 13.9. The van der Waals surface area contributed by atoms with Crippen molar-refractivity contribution in [3.05, 3.63) is 70.3 Å². The van der Waals surface area contributed by atoms with E-state index < -0.39 is 65.3 Å². The fourth-order valence-electron chi connectivity index (χ4n) is 5.67. The van der Waals surface area contributed by atoms with Crippen molar-refractivity contribution in [2.45, 2.75) is 37.7 Å². The molecule has 2 aliphatic heterocycles. The van der Waals surface area contributed by atoms with E-state index in [1.807, 2.05) is 0 Å². The second-order valence-corrected chi connectivity index (χ2v) is 10.8. The van der Waals surface area contributed by atoms with Gasteiger partial charge in [-0.25, -0.2) is 0 Å². The number of alkyl halides is 6. The molecule has 2 aromatic rings. The van der Waals surface area contributed by atoms with Crippen LogP contribution in [0.5, 0.6) is 0 Å². The lowest BCUT2D eigenvalue weighted by molar-refractivity contribution is -0.143. The second-order valence-electron chi connectivity index (χ2n) is 10.8. The molecule has 15 heteroatoms. The Bertz CT molecular complexity index is 1410. The molecule has 9 nitrogen and oxygen atoms in total. The minimum absolute atomic E-state index is 0.0181. The molecule has 1 fully saturated rings. The van der Waals surface area contributed by atoms with Crippen LogP contribution in [0.1, 0.15) is 57.9 Å². The van der Waals surface area contributed by atoms with E-state index in [2.05, 4.69) is 5.32 Å². The molecule has 2 aromatic carbocycles. The molecule has 0 aromatic heterocycles. The zero-order valence-electron chi connectivity index (χ0n) is 24.5. The van der Waals surface area contributed by atoms with Crippen LogP contribution in [-0.2, 0) is 31.5 Å². The van der Waals surface area contributed by atoms with E-state index in [4.69, 9.17) is 4.74 Å². The summed E-state index contributed by atoms with van der Waals surface area (Å²) in [6, 6.07) is 5.22. The molecule has 0 radical (unpaired) electrons. The van der Waals surface area contributed by atoms with Gasteiger partial charge in [0.05, 0.1) is 29.7 Å². The molecule has 4 rings (SSSR count). The molecule has 2 heterocycles. The van der Waals surface area contributed by atoms with E-state index in [1.165, 1.54) is 43.2 Å². The van der Waals surface area contributed by atoms with E-state index >= 15 is 0 Å². The summed E-state index contributed by atoms with van der Waals surface area (Å²) < 4.78 is 88.3. The molecule has 0 saturated carbocycles. The predicted molar refractivity (Wildman–Crippen MR) is 148 cm³/mol. The summed E-state index contributed by atoms with van der Waals surface area (Å²) >= 11 is 0. The highest BCUT2D eigenvalue weighted by Crippen LogP contribution is 2.46. The Morgan fingerprint density at radius 3 is 2.04 bits per heavy atom. The third-order valence-corrected chi connectivity index (χ3v) is 7.92. The number of carbonyl (C=O) groups excluding carboxylic acids is 4. The van der Waals surface area contributed by atoms with Gasteiger partial charge in [0.1, 0.15) is 0 Å². The van der Waals surface area contributed by atoms with Gasteiger partial charge in [-0.05, 0) is 35.4 Å². The Hall–Kier alpha value is -4.14. The van der Waals surface area contributed by atoms with Crippen LogP contribution in [0.4, 0.5) is 26.3 Å². The lowest BCUT2D eigenvalue weighted by atomic mass is 9.78. The molecule has 45 heavy (non-hydrogen) atoms. The maximum absolute atomic E-state index is 13.9. The molecule has 1 N–H and O–H groups in total. The number of fused-ring (bicyclic) bond motifs is 1. The van der Waals surface area contributed by atoms with Crippen LogP contribution in [-0.4, -0.2) is 91.3 Å². The summed E-state index contributed by atoms with van der Waals surface area (Å²) in [6.45, 7) is 2.05. The van der Waals surface area contributed by atoms with Gasteiger partial charge in [0, 0.05) is 65.3 Å². The largest absolute Gasteiger partial charge is 0.416 e. The second kappa shape index (κ2) is 13.5.